The minimum absolute atomic E-state index is 0.145. The molecule has 0 fully saturated rings. The van der Waals surface area contributed by atoms with Crippen LogP contribution in [0, 0.1) is 6.92 Å². The minimum atomic E-state index is -3.02. The molecular weight excluding hydrogens is 508 g/mol. The van der Waals surface area contributed by atoms with E-state index in [9.17, 15) is 22.7 Å². The summed E-state index contributed by atoms with van der Waals surface area (Å²) in [5.41, 5.74) is 2.69. The van der Waals surface area contributed by atoms with Crippen LogP contribution in [-0.2, 0) is 6.42 Å². The Morgan fingerprint density at radius 2 is 1.87 bits per heavy atom. The van der Waals surface area contributed by atoms with E-state index in [1.54, 1.807) is 48.1 Å². The van der Waals surface area contributed by atoms with Crippen LogP contribution >= 0.6 is 0 Å². The molecule has 0 aliphatic carbocycles. The summed E-state index contributed by atoms with van der Waals surface area (Å²) in [7, 11) is 0. The third kappa shape index (κ3) is 5.11. The highest BCUT2D eigenvalue weighted by atomic mass is 19.3. The molecule has 0 aliphatic rings. The van der Waals surface area contributed by atoms with Gasteiger partial charge in [0.05, 0.1) is 11.0 Å². The predicted molar refractivity (Wildman–Crippen MR) is 128 cm³/mol. The Balaban J connectivity index is 1.47. The van der Waals surface area contributed by atoms with Gasteiger partial charge >= 0.3 is 6.61 Å². The summed E-state index contributed by atoms with van der Waals surface area (Å²) in [6, 6.07) is 12.8. The number of fused-ring (bicyclic) bond motifs is 1. The van der Waals surface area contributed by atoms with Crippen molar-refractivity contribution in [1.29, 1.82) is 0 Å². The molecule has 14 heteroatoms. The maximum absolute atomic E-state index is 12.7. The first kappa shape index (κ1) is 25.1. The van der Waals surface area contributed by atoms with Crippen LogP contribution in [0.1, 0.15) is 23.4 Å². The summed E-state index contributed by atoms with van der Waals surface area (Å²) in [5, 5.41) is 23.9. The average molecular weight is 528 g/mol. The number of rotatable bonds is 9. The van der Waals surface area contributed by atoms with Crippen molar-refractivity contribution in [2.75, 3.05) is 11.9 Å². The predicted octanol–water partition coefficient (Wildman–Crippen LogP) is 4.52. The molecule has 2 N–H and O–H groups in total. The van der Waals surface area contributed by atoms with Crippen molar-refractivity contribution in [2.45, 2.75) is 26.4 Å². The van der Waals surface area contributed by atoms with Crippen LogP contribution in [0.3, 0.4) is 0 Å². The lowest BCUT2D eigenvalue weighted by molar-refractivity contribution is -0.0530. The van der Waals surface area contributed by atoms with Gasteiger partial charge in [-0.1, -0.05) is 6.07 Å². The zero-order valence-electron chi connectivity index (χ0n) is 19.8. The van der Waals surface area contributed by atoms with Gasteiger partial charge in [-0.2, -0.15) is 8.78 Å². The number of aryl methyl sites for hydroxylation is 1. The third-order valence-electron chi connectivity index (χ3n) is 5.57. The van der Waals surface area contributed by atoms with Gasteiger partial charge in [0.15, 0.2) is 11.6 Å². The van der Waals surface area contributed by atoms with E-state index in [1.165, 1.54) is 22.9 Å². The number of aliphatic hydroxyl groups is 1. The molecule has 0 saturated heterocycles. The maximum atomic E-state index is 12.7. The van der Waals surface area contributed by atoms with Crippen LogP contribution in [0.5, 0.6) is 5.88 Å². The van der Waals surface area contributed by atoms with Crippen LogP contribution < -0.4 is 10.1 Å². The lowest BCUT2D eigenvalue weighted by atomic mass is 10.2. The lowest BCUT2D eigenvalue weighted by Gasteiger charge is -2.12. The van der Waals surface area contributed by atoms with Crippen LogP contribution in [0.4, 0.5) is 29.1 Å². The fourth-order valence-electron chi connectivity index (χ4n) is 3.86. The number of alkyl halides is 4. The zero-order valence-corrected chi connectivity index (χ0v) is 19.8. The number of pyridine rings is 1. The molecule has 196 valence electrons. The van der Waals surface area contributed by atoms with E-state index in [0.717, 1.165) is 0 Å². The highest BCUT2D eigenvalue weighted by molar-refractivity contribution is 5.82. The van der Waals surface area contributed by atoms with Crippen LogP contribution in [0.2, 0.25) is 0 Å². The van der Waals surface area contributed by atoms with E-state index in [-0.39, 0.29) is 18.9 Å². The highest BCUT2D eigenvalue weighted by Gasteiger charge is 2.17. The van der Waals surface area contributed by atoms with E-state index in [0.29, 0.717) is 45.4 Å². The quantitative estimate of drug-likeness (QED) is 0.268. The van der Waals surface area contributed by atoms with Gasteiger partial charge < -0.3 is 15.2 Å². The molecule has 0 spiro atoms. The van der Waals surface area contributed by atoms with Crippen molar-refractivity contribution in [3.05, 3.63) is 71.8 Å². The second-order valence-electron chi connectivity index (χ2n) is 8.13. The Morgan fingerprint density at radius 1 is 1.03 bits per heavy atom. The summed E-state index contributed by atoms with van der Waals surface area (Å²) in [5.74, 6) is 0.874. The Hall–Kier alpha value is -4.59. The molecule has 0 unspecified atom stereocenters. The van der Waals surface area contributed by atoms with E-state index in [2.05, 4.69) is 30.3 Å². The number of imidazole rings is 1. The number of aliphatic hydroxyl groups excluding tert-OH is 1. The number of ether oxygens (including phenoxy) is 1. The Morgan fingerprint density at radius 3 is 2.58 bits per heavy atom. The van der Waals surface area contributed by atoms with Crippen LogP contribution in [0.25, 0.3) is 22.7 Å². The average Bonchev–Trinajstić information content (AvgIpc) is 3.47. The van der Waals surface area contributed by atoms with Crippen molar-refractivity contribution < 1.29 is 27.4 Å². The van der Waals surface area contributed by atoms with Crippen LogP contribution in [0.15, 0.2) is 54.9 Å². The number of aromatic nitrogens is 7. The maximum Gasteiger partial charge on any atom is 0.388 e. The lowest BCUT2D eigenvalue weighted by Crippen LogP contribution is -2.10. The van der Waals surface area contributed by atoms with Gasteiger partial charge in [-0.3, -0.25) is 4.57 Å². The van der Waals surface area contributed by atoms with Gasteiger partial charge in [0.25, 0.3) is 6.43 Å². The number of hydrogen-bond donors (Lipinski definition) is 2. The molecule has 4 heterocycles. The molecule has 0 saturated carbocycles. The molecular formula is C24H20F4N8O2. The molecule has 10 nitrogen and oxygen atoms in total. The Labute approximate surface area is 212 Å². The topological polar surface area (TPSA) is 116 Å². The zero-order chi connectivity index (χ0) is 26.8. The monoisotopic (exact) mass is 528 g/mol. The van der Waals surface area contributed by atoms with E-state index in [4.69, 9.17) is 4.98 Å². The van der Waals surface area contributed by atoms with E-state index in [1.807, 2.05) is 0 Å². The van der Waals surface area contributed by atoms with Gasteiger partial charge in [-0.05, 0) is 55.3 Å². The summed E-state index contributed by atoms with van der Waals surface area (Å²) in [6.07, 6.45) is -0.854. The fraction of sp³-hybridized carbons (Fsp3) is 0.208. The highest BCUT2D eigenvalue weighted by Crippen LogP contribution is 2.26. The Kier molecular flexibility index (Phi) is 6.87. The second kappa shape index (κ2) is 10.4. The molecule has 0 aliphatic heterocycles. The third-order valence-corrected chi connectivity index (χ3v) is 5.57. The molecule has 0 radical (unpaired) electrons. The molecule has 0 amide bonds. The molecule has 5 aromatic rings. The first-order chi connectivity index (χ1) is 18.3. The van der Waals surface area contributed by atoms with Crippen molar-refractivity contribution in [1.82, 2.24) is 34.5 Å². The van der Waals surface area contributed by atoms with Gasteiger partial charge in [0.2, 0.25) is 5.88 Å². The first-order valence-electron chi connectivity index (χ1n) is 11.3. The van der Waals surface area contributed by atoms with Gasteiger partial charge in [-0.25, -0.2) is 23.4 Å². The largest absolute Gasteiger partial charge is 0.415 e. The van der Waals surface area contributed by atoms with Gasteiger partial charge in [-0.15, -0.1) is 15.3 Å². The second-order valence-corrected chi connectivity index (χ2v) is 8.13. The summed E-state index contributed by atoms with van der Waals surface area (Å²) >= 11 is 0. The summed E-state index contributed by atoms with van der Waals surface area (Å²) in [6.45, 7) is -1.49. The number of halogens is 4. The SMILES string of the molecule is Cc1cc(OC(F)F)nn1-c1nc(-n2cnc3cc(Nc4ccc(C(F)F)nn4)ccc32)ccc1CCO. The van der Waals surface area contributed by atoms with E-state index >= 15 is 0 Å². The molecule has 0 atom stereocenters. The Bertz CT molecular complexity index is 1570. The molecule has 4 aromatic heterocycles. The van der Waals surface area contributed by atoms with Gasteiger partial charge in [0.1, 0.15) is 17.8 Å². The number of hydrogen-bond acceptors (Lipinski definition) is 8. The summed E-state index contributed by atoms with van der Waals surface area (Å²) < 4.78 is 58.3. The minimum Gasteiger partial charge on any atom is -0.415 e. The fourth-order valence-corrected chi connectivity index (χ4v) is 3.86. The normalized spacial score (nSPS) is 11.6. The standard InChI is InChI=1S/C24H20F4N8O2/c1-13-10-21(38-24(27)28)34-36(13)23-14(8-9-37)2-7-20(31-23)35-12-29-17-11-15(3-5-18(17)35)30-19-6-4-16(22(25)26)32-33-19/h2-7,10-12,22,24,37H,8-9H2,1H3,(H,30,33). The van der Waals surface area contributed by atoms with Crippen molar-refractivity contribution in [3.8, 4) is 17.5 Å². The summed E-state index contributed by atoms with van der Waals surface area (Å²) in [4.78, 5) is 9.13. The van der Waals surface area contributed by atoms with Crippen molar-refractivity contribution in [3.63, 3.8) is 0 Å². The van der Waals surface area contributed by atoms with E-state index < -0.39 is 18.7 Å². The van der Waals surface area contributed by atoms with Crippen molar-refractivity contribution >= 4 is 22.5 Å². The molecule has 5 rings (SSSR count). The van der Waals surface area contributed by atoms with Gasteiger partial charge in [0, 0.05) is 24.1 Å². The molecule has 0 bridgehead atoms. The number of nitrogens with one attached hydrogen (secondary N) is 1. The number of benzene rings is 1. The molecule has 38 heavy (non-hydrogen) atoms. The number of nitrogens with zero attached hydrogens (tertiary/aromatic N) is 7. The van der Waals surface area contributed by atoms with Crippen molar-refractivity contribution in [2.24, 2.45) is 0 Å². The first-order valence-corrected chi connectivity index (χ1v) is 11.3. The smallest absolute Gasteiger partial charge is 0.388 e. The number of anilines is 2. The molecule has 1 aromatic carbocycles. The van der Waals surface area contributed by atoms with Crippen LogP contribution in [-0.4, -0.2) is 52.8 Å².